The van der Waals surface area contributed by atoms with Gasteiger partial charge < -0.3 is 29.2 Å². The van der Waals surface area contributed by atoms with Gasteiger partial charge >= 0.3 is 12.2 Å². The Morgan fingerprint density at radius 1 is 1.04 bits per heavy atom. The predicted octanol–water partition coefficient (Wildman–Crippen LogP) is 7.98. The van der Waals surface area contributed by atoms with Gasteiger partial charge in [-0.15, -0.1) is 5.10 Å². The summed E-state index contributed by atoms with van der Waals surface area (Å²) in [4.78, 5) is 51.8. The lowest BCUT2D eigenvalue weighted by molar-refractivity contribution is -0.119. The number of rotatable bonds is 7. The van der Waals surface area contributed by atoms with Crippen molar-refractivity contribution in [2.45, 2.75) is 96.1 Å². The molecule has 1 saturated carbocycles. The van der Waals surface area contributed by atoms with E-state index >= 15 is 0 Å². The van der Waals surface area contributed by atoms with Crippen molar-refractivity contribution in [3.05, 3.63) is 58.4 Å². The largest absolute Gasteiger partial charge is 0.497 e. The number of amides is 2. The fourth-order valence-electron chi connectivity index (χ4n) is 7.12. The van der Waals surface area contributed by atoms with Crippen LogP contribution in [0.4, 0.5) is 32.7 Å². The van der Waals surface area contributed by atoms with Gasteiger partial charge in [-0.1, -0.05) is 38.4 Å². The van der Waals surface area contributed by atoms with Crippen LogP contribution in [0.25, 0.3) is 10.9 Å². The summed E-state index contributed by atoms with van der Waals surface area (Å²) in [7, 11) is -0.432. The summed E-state index contributed by atoms with van der Waals surface area (Å²) in [6.07, 6.45) is -1.60. The van der Waals surface area contributed by atoms with Crippen LogP contribution in [0.2, 0.25) is 23.2 Å². The second-order valence-corrected chi connectivity index (χ2v) is 22.0. The van der Waals surface area contributed by atoms with Gasteiger partial charge in [-0.25, -0.2) is 24.5 Å². The average Bonchev–Trinajstić information content (AvgIpc) is 3.64. The minimum atomic E-state index is -1.95. The summed E-state index contributed by atoms with van der Waals surface area (Å²) < 4.78 is 18.9. The van der Waals surface area contributed by atoms with Crippen molar-refractivity contribution in [2.24, 2.45) is 0 Å². The molecule has 54 heavy (non-hydrogen) atoms. The van der Waals surface area contributed by atoms with Crippen molar-refractivity contribution >= 4 is 72.1 Å². The van der Waals surface area contributed by atoms with Crippen LogP contribution >= 0.6 is 11.6 Å². The lowest BCUT2D eigenvalue weighted by atomic mass is 9.91. The van der Waals surface area contributed by atoms with Gasteiger partial charge in [0.15, 0.2) is 25.8 Å². The van der Waals surface area contributed by atoms with Crippen LogP contribution in [-0.4, -0.2) is 83.2 Å². The summed E-state index contributed by atoms with van der Waals surface area (Å²) in [6, 6.07) is 10.4. The van der Waals surface area contributed by atoms with Gasteiger partial charge in [0.1, 0.15) is 22.2 Å². The number of halogens is 1. The van der Waals surface area contributed by atoms with Crippen LogP contribution in [0.1, 0.15) is 70.8 Å². The quantitative estimate of drug-likeness (QED) is 0.174. The molecule has 2 fully saturated rings. The van der Waals surface area contributed by atoms with Gasteiger partial charge in [0, 0.05) is 24.4 Å². The SMILES string of the molecule is COc1ccc2c(c1)[C@]1(C[C@H]1c1ccc3c(Nc4nc(C)nc(N5CC(O[Si](C)(C)C(C)(C)C)C5)c4Cl)nn(C(=O)OC(C)(C)C)c3c1)C(=O)N2C(=O)O. The molecule has 2 aliphatic heterocycles. The number of nitrogens with zero attached hydrogens (tertiary/aromatic N) is 6. The van der Waals surface area contributed by atoms with Crippen molar-refractivity contribution in [3.8, 4) is 5.75 Å². The maximum absolute atomic E-state index is 13.8. The smallest absolute Gasteiger partial charge is 0.435 e. The standard InChI is InChI=1S/C38H46ClN7O7Si/c1-20-40-31(29(39)32(41-20)44-18-23(19-44)53-54(9,10)37(5,6)7)42-30-24-13-11-21(15-28(24)46(43-30)35(50)52-36(2,3)4)26-17-38(26)25-16-22(51-8)12-14-27(25)45(33(38)47)34(48)49/h11-16,23,26H,17-19H2,1-10H3,(H,48,49)(H,40,41,42,43)/t26-,38-/m0/s1. The van der Waals surface area contributed by atoms with Crippen LogP contribution in [-0.2, 0) is 19.4 Å². The molecule has 4 aromatic rings. The second-order valence-electron chi connectivity index (χ2n) is 16.8. The third-order valence-electron chi connectivity index (χ3n) is 10.9. The van der Waals surface area contributed by atoms with E-state index in [4.69, 9.17) is 25.5 Å². The molecule has 1 aliphatic carbocycles. The molecule has 0 unspecified atom stereocenters. The van der Waals surface area contributed by atoms with E-state index in [2.05, 4.69) is 59.1 Å². The van der Waals surface area contributed by atoms with Gasteiger partial charge in [-0.2, -0.15) is 4.68 Å². The van der Waals surface area contributed by atoms with Gasteiger partial charge in [0.05, 0.1) is 29.8 Å². The number of ether oxygens (including phenoxy) is 2. The molecular formula is C38H46ClN7O7Si. The number of carbonyl (C=O) groups excluding carboxylic acids is 2. The van der Waals surface area contributed by atoms with Crippen molar-refractivity contribution in [3.63, 3.8) is 0 Å². The molecule has 2 atom stereocenters. The molecule has 16 heteroatoms. The number of carbonyl (C=O) groups is 3. The maximum Gasteiger partial charge on any atom is 0.435 e. The molecule has 4 heterocycles. The van der Waals surface area contributed by atoms with Crippen LogP contribution in [0.15, 0.2) is 36.4 Å². The fourth-order valence-corrected chi connectivity index (χ4v) is 8.71. The van der Waals surface area contributed by atoms with E-state index < -0.39 is 37.4 Å². The average molecular weight is 776 g/mol. The number of anilines is 4. The molecular weight excluding hydrogens is 730 g/mol. The summed E-state index contributed by atoms with van der Waals surface area (Å²) in [5, 5.41) is 18.9. The Morgan fingerprint density at radius 3 is 2.37 bits per heavy atom. The molecule has 1 spiro atoms. The van der Waals surface area contributed by atoms with Crippen molar-refractivity contribution in [2.75, 3.05) is 35.3 Å². The normalized spacial score (nSPS) is 20.0. The number of fused-ring (bicyclic) bond motifs is 3. The Balaban J connectivity index is 1.23. The van der Waals surface area contributed by atoms with E-state index in [0.29, 0.717) is 75.7 Å². The Morgan fingerprint density at radius 2 is 1.74 bits per heavy atom. The number of hydrogen-bond donors (Lipinski definition) is 2. The monoisotopic (exact) mass is 775 g/mol. The summed E-state index contributed by atoms with van der Waals surface area (Å²) in [6.45, 7) is 19.5. The topological polar surface area (TPSA) is 161 Å². The fraction of sp³-hybridized carbons (Fsp3) is 0.474. The van der Waals surface area contributed by atoms with Gasteiger partial charge in [-0.3, -0.25) is 4.79 Å². The van der Waals surface area contributed by atoms with Gasteiger partial charge in [0.2, 0.25) is 5.91 Å². The minimum Gasteiger partial charge on any atom is -0.497 e. The van der Waals surface area contributed by atoms with Gasteiger partial charge in [0.25, 0.3) is 0 Å². The molecule has 2 amide bonds. The highest BCUT2D eigenvalue weighted by Gasteiger charge is 2.68. The second kappa shape index (κ2) is 12.7. The number of aryl methyl sites for hydroxylation is 1. The van der Waals surface area contributed by atoms with Crippen molar-refractivity contribution < 1.29 is 33.4 Å². The highest BCUT2D eigenvalue weighted by Crippen LogP contribution is 2.67. The molecule has 3 aliphatic rings. The lowest BCUT2D eigenvalue weighted by Gasteiger charge is -2.47. The molecule has 2 aromatic carbocycles. The van der Waals surface area contributed by atoms with E-state index in [1.54, 1.807) is 52.0 Å². The number of benzene rings is 2. The Kier molecular flexibility index (Phi) is 8.81. The molecule has 2 N–H and O–H groups in total. The van der Waals surface area contributed by atoms with Crippen molar-refractivity contribution in [1.82, 2.24) is 19.7 Å². The zero-order valence-corrected chi connectivity index (χ0v) is 34.0. The first kappa shape index (κ1) is 37.6. The summed E-state index contributed by atoms with van der Waals surface area (Å²) in [5.41, 5.74) is 0.155. The number of nitrogens with one attached hydrogen (secondary N) is 1. The van der Waals surface area contributed by atoms with Crippen LogP contribution in [0.5, 0.6) is 5.75 Å². The third-order valence-corrected chi connectivity index (χ3v) is 15.8. The molecule has 2 aromatic heterocycles. The van der Waals surface area contributed by atoms with Crippen LogP contribution in [0.3, 0.4) is 0 Å². The van der Waals surface area contributed by atoms with Crippen LogP contribution < -0.4 is 19.9 Å². The summed E-state index contributed by atoms with van der Waals surface area (Å²) >= 11 is 6.98. The highest BCUT2D eigenvalue weighted by molar-refractivity contribution is 6.74. The Bertz CT molecular complexity index is 2220. The van der Waals surface area contributed by atoms with E-state index in [0.717, 1.165) is 10.5 Å². The molecule has 1 saturated heterocycles. The Hall–Kier alpha value is -4.73. The number of carboxylic acid groups (broad SMARTS) is 1. The van der Waals surface area contributed by atoms with E-state index in [1.165, 1.54) is 11.8 Å². The van der Waals surface area contributed by atoms with Crippen molar-refractivity contribution in [1.29, 1.82) is 0 Å². The third kappa shape index (κ3) is 6.25. The number of aromatic nitrogens is 4. The molecule has 14 nitrogen and oxygen atoms in total. The number of hydrogen-bond acceptors (Lipinski definition) is 11. The maximum atomic E-state index is 13.8. The summed E-state index contributed by atoms with van der Waals surface area (Å²) in [5.74, 6) is 1.34. The van der Waals surface area contributed by atoms with Crippen LogP contribution in [0, 0.1) is 6.92 Å². The van der Waals surface area contributed by atoms with E-state index in [-0.39, 0.29) is 17.1 Å². The highest BCUT2D eigenvalue weighted by atomic mass is 35.5. The lowest BCUT2D eigenvalue weighted by Crippen LogP contribution is -2.58. The first-order valence-electron chi connectivity index (χ1n) is 17.9. The molecule has 0 bridgehead atoms. The molecule has 7 rings (SSSR count). The van der Waals surface area contributed by atoms with Gasteiger partial charge in [-0.05, 0) is 93.7 Å². The molecule has 0 radical (unpaired) electrons. The van der Waals surface area contributed by atoms with E-state index in [9.17, 15) is 19.5 Å². The first-order chi connectivity index (χ1) is 25.1. The predicted molar refractivity (Wildman–Crippen MR) is 208 cm³/mol. The zero-order chi connectivity index (χ0) is 39.3. The minimum absolute atomic E-state index is 0.0733. The number of methoxy groups -OCH3 is 1. The Labute approximate surface area is 319 Å². The zero-order valence-electron chi connectivity index (χ0n) is 32.2. The first-order valence-corrected chi connectivity index (χ1v) is 21.2. The molecule has 286 valence electrons. The number of imide groups is 1. The van der Waals surface area contributed by atoms with E-state index in [1.807, 2.05) is 12.1 Å².